The Bertz CT molecular complexity index is 384. The number of aliphatic hydroxyl groups is 1. The van der Waals surface area contributed by atoms with Gasteiger partial charge in [-0.05, 0) is 18.2 Å². The second-order valence-electron chi connectivity index (χ2n) is 3.43. The number of hydrogen-bond donors (Lipinski definition) is 2. The maximum Gasteiger partial charge on any atom is 0.401 e. The van der Waals surface area contributed by atoms with Crippen molar-refractivity contribution in [1.82, 2.24) is 5.32 Å². The van der Waals surface area contributed by atoms with Gasteiger partial charge in [-0.3, -0.25) is 0 Å². The van der Waals surface area contributed by atoms with Crippen LogP contribution in [-0.2, 0) is 0 Å². The molecule has 2 N–H and O–H groups in total. The van der Waals surface area contributed by atoms with Crippen LogP contribution in [0.4, 0.5) is 13.2 Å². The van der Waals surface area contributed by atoms with E-state index in [2.05, 4.69) is 5.32 Å². The van der Waals surface area contributed by atoms with E-state index in [1.54, 1.807) is 0 Å². The van der Waals surface area contributed by atoms with Crippen LogP contribution in [0, 0.1) is 0 Å². The van der Waals surface area contributed by atoms with E-state index in [1.165, 1.54) is 18.2 Å². The molecule has 0 saturated carbocycles. The van der Waals surface area contributed by atoms with Gasteiger partial charge in [-0.15, -0.1) is 0 Å². The molecule has 0 aliphatic heterocycles. The monoisotopic (exact) mass is 287 g/mol. The molecule has 0 fully saturated rings. The summed E-state index contributed by atoms with van der Waals surface area (Å²) in [5.41, 5.74) is 0.300. The molecule has 17 heavy (non-hydrogen) atoms. The van der Waals surface area contributed by atoms with Crippen molar-refractivity contribution >= 4 is 23.2 Å². The maximum absolute atomic E-state index is 11.9. The highest BCUT2D eigenvalue weighted by molar-refractivity contribution is 6.33. The SMILES string of the molecule is OC(CNCC(F)(F)F)c1cc(Cl)ccc1Cl. The third-order valence-corrected chi connectivity index (χ3v) is 2.56. The smallest absolute Gasteiger partial charge is 0.387 e. The van der Waals surface area contributed by atoms with Crippen molar-refractivity contribution in [2.45, 2.75) is 12.3 Å². The molecule has 1 aromatic carbocycles. The van der Waals surface area contributed by atoms with Gasteiger partial charge in [0.05, 0.1) is 12.6 Å². The molecule has 96 valence electrons. The summed E-state index contributed by atoms with van der Waals surface area (Å²) in [6.07, 6.45) is -5.44. The lowest BCUT2D eigenvalue weighted by Gasteiger charge is -2.15. The third kappa shape index (κ3) is 5.12. The van der Waals surface area contributed by atoms with Gasteiger partial charge in [-0.1, -0.05) is 23.2 Å². The summed E-state index contributed by atoms with van der Waals surface area (Å²) >= 11 is 11.5. The number of halogens is 5. The Morgan fingerprint density at radius 2 is 1.94 bits per heavy atom. The molecular weight excluding hydrogens is 278 g/mol. The van der Waals surface area contributed by atoms with E-state index in [0.29, 0.717) is 10.6 Å². The average Bonchev–Trinajstić information content (AvgIpc) is 2.19. The quantitative estimate of drug-likeness (QED) is 0.892. The number of rotatable bonds is 4. The lowest BCUT2D eigenvalue weighted by atomic mass is 10.1. The molecule has 2 nitrogen and oxygen atoms in total. The summed E-state index contributed by atoms with van der Waals surface area (Å²) in [6.45, 7) is -1.41. The molecule has 0 heterocycles. The molecular formula is C10H10Cl2F3NO. The van der Waals surface area contributed by atoms with Gasteiger partial charge < -0.3 is 10.4 Å². The predicted octanol–water partition coefficient (Wildman–Crippen LogP) is 3.18. The molecule has 1 aromatic rings. The largest absolute Gasteiger partial charge is 0.401 e. The fourth-order valence-electron chi connectivity index (χ4n) is 1.23. The lowest BCUT2D eigenvalue weighted by molar-refractivity contribution is -0.125. The molecule has 0 bridgehead atoms. The summed E-state index contributed by atoms with van der Waals surface area (Å²) in [6, 6.07) is 4.43. The molecule has 1 rings (SSSR count). The summed E-state index contributed by atoms with van der Waals surface area (Å²) < 4.78 is 35.6. The molecule has 7 heteroatoms. The van der Waals surface area contributed by atoms with E-state index in [-0.39, 0.29) is 11.6 Å². The van der Waals surface area contributed by atoms with Crippen LogP contribution >= 0.6 is 23.2 Å². The van der Waals surface area contributed by atoms with E-state index in [9.17, 15) is 18.3 Å². The van der Waals surface area contributed by atoms with Gasteiger partial charge in [0.2, 0.25) is 0 Å². The first-order valence-corrected chi connectivity index (χ1v) is 5.45. The van der Waals surface area contributed by atoms with Gasteiger partial charge in [-0.25, -0.2) is 0 Å². The summed E-state index contributed by atoms with van der Waals surface area (Å²) in [7, 11) is 0. The maximum atomic E-state index is 11.9. The van der Waals surface area contributed by atoms with Gasteiger partial charge >= 0.3 is 6.18 Å². The van der Waals surface area contributed by atoms with Crippen molar-refractivity contribution in [3.05, 3.63) is 33.8 Å². The molecule has 1 atom stereocenters. The first-order valence-electron chi connectivity index (χ1n) is 4.70. The van der Waals surface area contributed by atoms with Crippen molar-refractivity contribution in [3.8, 4) is 0 Å². The fourth-order valence-corrected chi connectivity index (χ4v) is 1.65. The highest BCUT2D eigenvalue weighted by Crippen LogP contribution is 2.26. The van der Waals surface area contributed by atoms with Crippen LogP contribution in [0.2, 0.25) is 10.0 Å². The Morgan fingerprint density at radius 1 is 1.29 bits per heavy atom. The molecule has 1 unspecified atom stereocenters. The van der Waals surface area contributed by atoms with E-state index in [0.717, 1.165) is 0 Å². The number of aliphatic hydroxyl groups excluding tert-OH is 1. The van der Waals surface area contributed by atoms with Crippen LogP contribution in [-0.4, -0.2) is 24.4 Å². The number of nitrogens with one attached hydrogen (secondary N) is 1. The van der Waals surface area contributed by atoms with E-state index < -0.39 is 18.8 Å². The number of hydrogen-bond acceptors (Lipinski definition) is 2. The van der Waals surface area contributed by atoms with Crippen molar-refractivity contribution in [1.29, 1.82) is 0 Å². The topological polar surface area (TPSA) is 32.3 Å². The van der Waals surface area contributed by atoms with Gasteiger partial charge in [-0.2, -0.15) is 13.2 Å². The van der Waals surface area contributed by atoms with Crippen LogP contribution in [0.25, 0.3) is 0 Å². The first-order chi connectivity index (χ1) is 7.79. The first kappa shape index (κ1) is 14.6. The summed E-state index contributed by atoms with van der Waals surface area (Å²) in [5.74, 6) is 0. The van der Waals surface area contributed by atoms with Crippen LogP contribution in [0.5, 0.6) is 0 Å². The lowest BCUT2D eigenvalue weighted by Crippen LogP contribution is -2.32. The highest BCUT2D eigenvalue weighted by atomic mass is 35.5. The van der Waals surface area contributed by atoms with Crippen molar-refractivity contribution in [3.63, 3.8) is 0 Å². The molecule has 0 aromatic heterocycles. The van der Waals surface area contributed by atoms with Crippen LogP contribution in [0.1, 0.15) is 11.7 Å². The highest BCUT2D eigenvalue weighted by Gasteiger charge is 2.26. The summed E-state index contributed by atoms with van der Waals surface area (Å²) in [4.78, 5) is 0. The van der Waals surface area contributed by atoms with E-state index in [4.69, 9.17) is 23.2 Å². The molecule has 0 radical (unpaired) electrons. The van der Waals surface area contributed by atoms with Gasteiger partial charge in [0.1, 0.15) is 0 Å². The van der Waals surface area contributed by atoms with Crippen molar-refractivity contribution in [2.24, 2.45) is 0 Å². The Morgan fingerprint density at radius 3 is 2.53 bits per heavy atom. The standard InChI is InChI=1S/C10H10Cl2F3NO/c11-6-1-2-8(12)7(3-6)9(17)4-16-5-10(13,14)15/h1-3,9,16-17H,4-5H2. The second-order valence-corrected chi connectivity index (χ2v) is 4.27. The molecule has 0 aliphatic carbocycles. The second kappa shape index (κ2) is 5.91. The van der Waals surface area contributed by atoms with Crippen LogP contribution < -0.4 is 5.32 Å². The van der Waals surface area contributed by atoms with E-state index >= 15 is 0 Å². The molecule has 0 amide bonds. The minimum atomic E-state index is -4.31. The Hall–Kier alpha value is -0.490. The molecule has 0 spiro atoms. The number of alkyl halides is 3. The van der Waals surface area contributed by atoms with Crippen molar-refractivity contribution < 1.29 is 18.3 Å². The van der Waals surface area contributed by atoms with Gasteiger partial charge in [0.15, 0.2) is 0 Å². The molecule has 0 saturated heterocycles. The van der Waals surface area contributed by atoms with Gasteiger partial charge in [0.25, 0.3) is 0 Å². The Balaban J connectivity index is 2.58. The van der Waals surface area contributed by atoms with Gasteiger partial charge in [0, 0.05) is 22.2 Å². The van der Waals surface area contributed by atoms with Crippen LogP contribution in [0.15, 0.2) is 18.2 Å². The minimum Gasteiger partial charge on any atom is -0.387 e. The third-order valence-electron chi connectivity index (χ3n) is 1.98. The Labute approximate surface area is 106 Å². The normalized spacial score (nSPS) is 13.8. The molecule has 0 aliphatic rings. The zero-order chi connectivity index (χ0) is 13.1. The predicted molar refractivity (Wildman–Crippen MR) is 60.3 cm³/mol. The van der Waals surface area contributed by atoms with Crippen LogP contribution in [0.3, 0.4) is 0 Å². The Kier molecular flexibility index (Phi) is 5.06. The average molecular weight is 288 g/mol. The summed E-state index contributed by atoms with van der Waals surface area (Å²) in [5, 5.41) is 12.4. The minimum absolute atomic E-state index is 0.250. The number of benzene rings is 1. The zero-order valence-corrected chi connectivity index (χ0v) is 10.1. The van der Waals surface area contributed by atoms with E-state index in [1.807, 2.05) is 0 Å². The van der Waals surface area contributed by atoms with Crippen molar-refractivity contribution in [2.75, 3.05) is 13.1 Å². The zero-order valence-electron chi connectivity index (χ0n) is 8.56. The fraction of sp³-hybridized carbons (Fsp3) is 0.400.